The van der Waals surface area contributed by atoms with Crippen LogP contribution in [0.4, 0.5) is 11.4 Å². The van der Waals surface area contributed by atoms with Gasteiger partial charge in [0.25, 0.3) is 5.69 Å². The molecule has 0 aliphatic carbocycles. The second-order valence-corrected chi connectivity index (χ2v) is 9.88. The minimum atomic E-state index is -3.57. The lowest BCUT2D eigenvalue weighted by molar-refractivity contribution is -0.384. The highest BCUT2D eigenvalue weighted by molar-refractivity contribution is 7.89. The predicted octanol–water partition coefficient (Wildman–Crippen LogP) is 2.84. The molecule has 32 heavy (non-hydrogen) atoms. The van der Waals surface area contributed by atoms with Crippen LogP contribution in [0.25, 0.3) is 0 Å². The molecule has 1 fully saturated rings. The largest absolute Gasteiger partial charge is 0.383 e. The highest BCUT2D eigenvalue weighted by Crippen LogP contribution is 2.26. The van der Waals surface area contributed by atoms with E-state index in [1.165, 1.54) is 16.4 Å². The molecule has 3 rings (SSSR count). The van der Waals surface area contributed by atoms with Crippen molar-refractivity contribution in [2.45, 2.75) is 31.6 Å². The third kappa shape index (κ3) is 5.63. The Bertz CT molecular complexity index is 1080. The number of nitro groups is 1. The van der Waals surface area contributed by atoms with Crippen LogP contribution in [0.5, 0.6) is 0 Å². The molecule has 1 aliphatic heterocycles. The Morgan fingerprint density at radius 1 is 1.09 bits per heavy atom. The third-order valence-corrected chi connectivity index (χ3v) is 7.66. The van der Waals surface area contributed by atoms with Crippen molar-refractivity contribution >= 4 is 27.3 Å². The van der Waals surface area contributed by atoms with Crippen molar-refractivity contribution in [2.75, 3.05) is 31.5 Å². The van der Waals surface area contributed by atoms with Crippen molar-refractivity contribution in [1.82, 2.24) is 9.62 Å². The summed E-state index contributed by atoms with van der Waals surface area (Å²) in [6, 6.07) is 11.4. The molecule has 2 N–H and O–H groups in total. The van der Waals surface area contributed by atoms with E-state index in [-0.39, 0.29) is 17.5 Å². The molecule has 0 aromatic heterocycles. The maximum Gasteiger partial charge on any atom is 0.269 e. The van der Waals surface area contributed by atoms with Gasteiger partial charge in [-0.15, -0.1) is 0 Å². The smallest absolute Gasteiger partial charge is 0.269 e. The Morgan fingerprint density at radius 3 is 2.34 bits per heavy atom. The fourth-order valence-corrected chi connectivity index (χ4v) is 5.50. The SMILES string of the molecule is Cc1ccc(S(=O)(=O)N2CCC(C(=O)NCCNc3ccc([N+](=O)[O-])cc3)CC2)c(C)c1. The summed E-state index contributed by atoms with van der Waals surface area (Å²) in [7, 11) is -3.57. The summed E-state index contributed by atoms with van der Waals surface area (Å²) in [4.78, 5) is 23.0. The van der Waals surface area contributed by atoms with Crippen LogP contribution in [0.15, 0.2) is 47.4 Å². The van der Waals surface area contributed by atoms with Crippen molar-refractivity contribution in [2.24, 2.45) is 5.92 Å². The monoisotopic (exact) mass is 460 g/mol. The van der Waals surface area contributed by atoms with E-state index in [9.17, 15) is 23.3 Å². The molecule has 0 saturated carbocycles. The zero-order valence-corrected chi connectivity index (χ0v) is 19.0. The number of nitrogens with zero attached hydrogens (tertiary/aromatic N) is 2. The average Bonchev–Trinajstić information content (AvgIpc) is 2.76. The number of piperidine rings is 1. The quantitative estimate of drug-likeness (QED) is 0.355. The molecule has 172 valence electrons. The van der Waals surface area contributed by atoms with E-state index in [4.69, 9.17) is 0 Å². The van der Waals surface area contributed by atoms with E-state index in [1.54, 1.807) is 31.2 Å². The molecule has 2 aromatic carbocycles. The minimum Gasteiger partial charge on any atom is -0.383 e. The summed E-state index contributed by atoms with van der Waals surface area (Å²) in [5.74, 6) is -0.306. The highest BCUT2D eigenvalue weighted by Gasteiger charge is 2.32. The number of hydrogen-bond donors (Lipinski definition) is 2. The first-order chi connectivity index (χ1) is 15.2. The minimum absolute atomic E-state index is 0.0229. The van der Waals surface area contributed by atoms with Crippen LogP contribution in [0.3, 0.4) is 0 Å². The van der Waals surface area contributed by atoms with Crippen molar-refractivity contribution < 1.29 is 18.1 Å². The average molecular weight is 461 g/mol. The van der Waals surface area contributed by atoms with Gasteiger partial charge in [-0.1, -0.05) is 17.7 Å². The standard InChI is InChI=1S/C22H28N4O5S/c1-16-3-8-21(17(2)15-16)32(30,31)25-13-9-18(10-14-25)22(27)24-12-11-23-19-4-6-20(7-5-19)26(28)29/h3-8,15,18,23H,9-14H2,1-2H3,(H,24,27). The second kappa shape index (κ2) is 10.1. The molecule has 2 aromatic rings. The number of hydrogen-bond acceptors (Lipinski definition) is 6. The molecule has 0 atom stereocenters. The van der Waals surface area contributed by atoms with E-state index in [1.807, 2.05) is 13.0 Å². The maximum atomic E-state index is 13.0. The fourth-order valence-electron chi connectivity index (χ4n) is 3.82. The Kier molecular flexibility index (Phi) is 7.47. The van der Waals surface area contributed by atoms with Crippen LogP contribution < -0.4 is 10.6 Å². The third-order valence-electron chi connectivity index (χ3n) is 5.60. The first kappa shape index (κ1) is 23.7. The molecule has 0 bridgehead atoms. The predicted molar refractivity (Wildman–Crippen MR) is 122 cm³/mol. The Balaban J connectivity index is 1.44. The van der Waals surface area contributed by atoms with Gasteiger partial charge in [0.2, 0.25) is 15.9 Å². The molecule has 1 heterocycles. The fraction of sp³-hybridized carbons (Fsp3) is 0.409. The van der Waals surface area contributed by atoms with Gasteiger partial charge in [-0.3, -0.25) is 14.9 Å². The highest BCUT2D eigenvalue weighted by atomic mass is 32.2. The lowest BCUT2D eigenvalue weighted by Crippen LogP contribution is -2.43. The summed E-state index contributed by atoms with van der Waals surface area (Å²) in [5, 5.41) is 16.6. The van der Waals surface area contributed by atoms with Crippen LogP contribution in [0.1, 0.15) is 24.0 Å². The summed E-state index contributed by atoms with van der Waals surface area (Å²) >= 11 is 0. The number of non-ortho nitro benzene ring substituents is 1. The molecule has 0 radical (unpaired) electrons. The summed E-state index contributed by atoms with van der Waals surface area (Å²) in [6.07, 6.45) is 0.956. The van der Waals surface area contributed by atoms with E-state index in [0.717, 1.165) is 16.8 Å². The van der Waals surface area contributed by atoms with E-state index < -0.39 is 14.9 Å². The lowest BCUT2D eigenvalue weighted by atomic mass is 9.97. The van der Waals surface area contributed by atoms with Crippen LogP contribution in [-0.4, -0.2) is 49.7 Å². The molecule has 1 amide bonds. The Morgan fingerprint density at radius 2 is 1.75 bits per heavy atom. The molecular weight excluding hydrogens is 432 g/mol. The summed E-state index contributed by atoms with van der Waals surface area (Å²) < 4.78 is 27.4. The summed E-state index contributed by atoms with van der Waals surface area (Å²) in [6.45, 7) is 5.23. The van der Waals surface area contributed by atoms with Gasteiger partial charge in [-0.05, 0) is 50.5 Å². The van der Waals surface area contributed by atoms with Gasteiger partial charge < -0.3 is 10.6 Å². The van der Waals surface area contributed by atoms with Gasteiger partial charge in [0.05, 0.1) is 9.82 Å². The number of nitrogens with one attached hydrogen (secondary N) is 2. The lowest BCUT2D eigenvalue weighted by Gasteiger charge is -2.31. The second-order valence-electron chi connectivity index (χ2n) is 7.97. The van der Waals surface area contributed by atoms with Crippen LogP contribution >= 0.6 is 0 Å². The molecule has 9 nitrogen and oxygen atoms in total. The van der Waals surface area contributed by atoms with E-state index in [0.29, 0.717) is 43.9 Å². The number of anilines is 1. The number of aryl methyl sites for hydroxylation is 2. The first-order valence-electron chi connectivity index (χ1n) is 10.5. The number of carbonyl (C=O) groups excluding carboxylic acids is 1. The van der Waals surface area contributed by atoms with E-state index >= 15 is 0 Å². The molecule has 0 spiro atoms. The number of sulfonamides is 1. The van der Waals surface area contributed by atoms with Crippen LogP contribution in [-0.2, 0) is 14.8 Å². The van der Waals surface area contributed by atoms with E-state index in [2.05, 4.69) is 10.6 Å². The van der Waals surface area contributed by atoms with Crippen molar-refractivity contribution in [3.8, 4) is 0 Å². The van der Waals surface area contributed by atoms with Crippen molar-refractivity contribution in [3.05, 3.63) is 63.7 Å². The topological polar surface area (TPSA) is 122 Å². The zero-order valence-electron chi connectivity index (χ0n) is 18.2. The number of amides is 1. The van der Waals surface area contributed by atoms with Crippen LogP contribution in [0.2, 0.25) is 0 Å². The van der Waals surface area contributed by atoms with Crippen molar-refractivity contribution in [3.63, 3.8) is 0 Å². The number of carbonyl (C=O) groups is 1. The number of nitro benzene ring substituents is 1. The normalized spacial score (nSPS) is 15.3. The molecule has 1 saturated heterocycles. The number of rotatable bonds is 8. The van der Waals surface area contributed by atoms with Gasteiger partial charge >= 0.3 is 0 Å². The number of benzene rings is 2. The van der Waals surface area contributed by atoms with Crippen LogP contribution in [0, 0.1) is 29.9 Å². The van der Waals surface area contributed by atoms with Gasteiger partial charge in [-0.25, -0.2) is 8.42 Å². The Labute approximate surface area is 188 Å². The summed E-state index contributed by atoms with van der Waals surface area (Å²) in [5.41, 5.74) is 2.50. The van der Waals surface area contributed by atoms with Crippen molar-refractivity contribution in [1.29, 1.82) is 0 Å². The molecule has 0 unspecified atom stereocenters. The van der Waals surface area contributed by atoms with Gasteiger partial charge in [0.15, 0.2) is 0 Å². The molecule has 10 heteroatoms. The first-order valence-corrected chi connectivity index (χ1v) is 12.0. The van der Waals surface area contributed by atoms with Gasteiger partial charge in [-0.2, -0.15) is 4.31 Å². The Hall–Kier alpha value is -2.98. The van der Waals surface area contributed by atoms with Gasteiger partial charge in [0, 0.05) is 49.9 Å². The van der Waals surface area contributed by atoms with Gasteiger partial charge in [0.1, 0.15) is 0 Å². The zero-order chi connectivity index (χ0) is 23.3. The maximum absolute atomic E-state index is 13.0. The molecular formula is C22H28N4O5S. The molecule has 1 aliphatic rings.